The van der Waals surface area contributed by atoms with Crippen molar-refractivity contribution in [2.24, 2.45) is 0 Å². The smallest absolute Gasteiger partial charge is 0.218 e. The molecule has 1 aromatic rings. The van der Waals surface area contributed by atoms with Gasteiger partial charge in [0.05, 0.1) is 6.10 Å². The van der Waals surface area contributed by atoms with E-state index >= 15 is 0 Å². The summed E-state index contributed by atoms with van der Waals surface area (Å²) in [7, 11) is 0. The summed E-state index contributed by atoms with van der Waals surface area (Å²) in [6.45, 7) is 0.555. The third-order valence-corrected chi connectivity index (χ3v) is 2.20. The first kappa shape index (κ1) is 8.40. The Morgan fingerprint density at radius 1 is 1.54 bits per heavy atom. The zero-order valence-electron chi connectivity index (χ0n) is 7.01. The topological polar surface area (TPSA) is 78.3 Å². The predicted octanol–water partition coefficient (Wildman–Crippen LogP) is -0.423. The highest BCUT2D eigenvalue weighted by atomic mass is 16.3. The standard InChI is InChI=1S/C8H11N3O2/c12-5-1-7(10-2-5)6-3-9-4-11-8(6)13/h3-5,7,10,12H,1-2H2,(H,9,11,13)/t5-,7?/m1/s1. The molecule has 13 heavy (non-hydrogen) atoms. The van der Waals surface area contributed by atoms with E-state index in [0.29, 0.717) is 18.5 Å². The van der Waals surface area contributed by atoms with E-state index < -0.39 is 0 Å². The van der Waals surface area contributed by atoms with Crippen LogP contribution in [0.5, 0.6) is 5.88 Å². The van der Waals surface area contributed by atoms with Gasteiger partial charge in [-0.25, -0.2) is 9.97 Å². The summed E-state index contributed by atoms with van der Waals surface area (Å²) in [5.41, 5.74) is 0.652. The highest BCUT2D eigenvalue weighted by Gasteiger charge is 2.25. The van der Waals surface area contributed by atoms with E-state index in [1.807, 2.05) is 0 Å². The zero-order valence-corrected chi connectivity index (χ0v) is 7.01. The lowest BCUT2D eigenvalue weighted by Gasteiger charge is -2.09. The molecule has 0 aromatic carbocycles. The second-order valence-corrected chi connectivity index (χ2v) is 3.15. The summed E-state index contributed by atoms with van der Waals surface area (Å²) in [6, 6.07) is -0.0313. The molecule has 1 aliphatic rings. The van der Waals surface area contributed by atoms with Gasteiger partial charge in [0.2, 0.25) is 5.88 Å². The first-order chi connectivity index (χ1) is 6.27. The molecule has 3 N–H and O–H groups in total. The van der Waals surface area contributed by atoms with Gasteiger partial charge in [-0.2, -0.15) is 0 Å². The van der Waals surface area contributed by atoms with Crippen molar-refractivity contribution in [1.82, 2.24) is 15.3 Å². The lowest BCUT2D eigenvalue weighted by Crippen LogP contribution is -2.15. The third kappa shape index (κ3) is 1.61. The number of aliphatic hydroxyl groups is 1. The number of nitrogens with one attached hydrogen (secondary N) is 1. The van der Waals surface area contributed by atoms with E-state index in [2.05, 4.69) is 15.3 Å². The minimum Gasteiger partial charge on any atom is -0.493 e. The van der Waals surface area contributed by atoms with Gasteiger partial charge in [-0.15, -0.1) is 0 Å². The van der Waals surface area contributed by atoms with Crippen molar-refractivity contribution in [3.05, 3.63) is 18.1 Å². The molecule has 0 amide bonds. The maximum atomic E-state index is 9.38. The van der Waals surface area contributed by atoms with Crippen LogP contribution in [0.3, 0.4) is 0 Å². The average molecular weight is 181 g/mol. The van der Waals surface area contributed by atoms with E-state index in [1.54, 1.807) is 6.20 Å². The molecule has 1 saturated heterocycles. The fourth-order valence-electron chi connectivity index (χ4n) is 1.53. The van der Waals surface area contributed by atoms with Gasteiger partial charge in [0, 0.05) is 24.3 Å². The van der Waals surface area contributed by atoms with Crippen LogP contribution in [-0.4, -0.2) is 32.8 Å². The first-order valence-electron chi connectivity index (χ1n) is 4.17. The first-order valence-corrected chi connectivity index (χ1v) is 4.17. The fraction of sp³-hybridized carbons (Fsp3) is 0.500. The van der Waals surface area contributed by atoms with Crippen LogP contribution in [0.1, 0.15) is 18.0 Å². The van der Waals surface area contributed by atoms with E-state index in [9.17, 15) is 10.2 Å². The normalized spacial score (nSPS) is 27.8. The Kier molecular flexibility index (Phi) is 2.12. The number of aliphatic hydroxyl groups excluding tert-OH is 1. The van der Waals surface area contributed by atoms with Gasteiger partial charge in [-0.05, 0) is 6.42 Å². The van der Waals surface area contributed by atoms with Gasteiger partial charge in [-0.1, -0.05) is 0 Å². The summed E-state index contributed by atoms with van der Waals surface area (Å²) >= 11 is 0. The van der Waals surface area contributed by atoms with Gasteiger partial charge in [0.1, 0.15) is 6.33 Å². The molecule has 5 nitrogen and oxygen atoms in total. The highest BCUT2D eigenvalue weighted by Crippen LogP contribution is 2.27. The maximum Gasteiger partial charge on any atom is 0.218 e. The number of hydrogen-bond donors (Lipinski definition) is 3. The molecule has 0 aliphatic carbocycles. The Bertz CT molecular complexity index is 305. The SMILES string of the molecule is Oc1ncncc1C1C[C@@H](O)CN1. The van der Waals surface area contributed by atoms with E-state index in [0.717, 1.165) is 0 Å². The third-order valence-electron chi connectivity index (χ3n) is 2.20. The number of aromatic hydroxyl groups is 1. The molecule has 1 aromatic heterocycles. The lowest BCUT2D eigenvalue weighted by molar-refractivity contribution is 0.193. The summed E-state index contributed by atoms with van der Waals surface area (Å²) in [6.07, 6.45) is 3.12. The van der Waals surface area contributed by atoms with Crippen LogP contribution in [0, 0.1) is 0 Å². The maximum absolute atomic E-state index is 9.38. The Morgan fingerprint density at radius 3 is 3.00 bits per heavy atom. The second-order valence-electron chi connectivity index (χ2n) is 3.15. The van der Waals surface area contributed by atoms with E-state index in [1.165, 1.54) is 6.33 Å². The summed E-state index contributed by atoms with van der Waals surface area (Å²) < 4.78 is 0. The molecule has 0 saturated carbocycles. The van der Waals surface area contributed by atoms with Crippen molar-refractivity contribution in [1.29, 1.82) is 0 Å². The van der Waals surface area contributed by atoms with Crippen LogP contribution in [-0.2, 0) is 0 Å². The molecule has 2 heterocycles. The second kappa shape index (κ2) is 3.27. The van der Waals surface area contributed by atoms with Crippen molar-refractivity contribution in [2.75, 3.05) is 6.54 Å². The molecule has 1 aliphatic heterocycles. The van der Waals surface area contributed by atoms with Crippen LogP contribution in [0.15, 0.2) is 12.5 Å². The van der Waals surface area contributed by atoms with Gasteiger partial charge in [0.15, 0.2) is 0 Å². The lowest BCUT2D eigenvalue weighted by atomic mass is 10.1. The largest absolute Gasteiger partial charge is 0.493 e. The van der Waals surface area contributed by atoms with Gasteiger partial charge in [0.25, 0.3) is 0 Å². The van der Waals surface area contributed by atoms with Crippen LogP contribution < -0.4 is 5.32 Å². The van der Waals surface area contributed by atoms with Gasteiger partial charge >= 0.3 is 0 Å². The van der Waals surface area contributed by atoms with Gasteiger partial charge in [-0.3, -0.25) is 0 Å². The number of aromatic nitrogens is 2. The van der Waals surface area contributed by atoms with Crippen LogP contribution >= 0.6 is 0 Å². The molecular formula is C8H11N3O2. The number of rotatable bonds is 1. The summed E-state index contributed by atoms with van der Waals surface area (Å²) in [4.78, 5) is 7.49. The molecule has 5 heteroatoms. The van der Waals surface area contributed by atoms with Crippen LogP contribution in [0.25, 0.3) is 0 Å². The van der Waals surface area contributed by atoms with Crippen molar-refractivity contribution in [3.8, 4) is 5.88 Å². The molecule has 1 fully saturated rings. The number of hydrogen-bond acceptors (Lipinski definition) is 5. The molecule has 2 rings (SSSR count). The Labute approximate surface area is 75.5 Å². The van der Waals surface area contributed by atoms with Crippen LogP contribution in [0.2, 0.25) is 0 Å². The van der Waals surface area contributed by atoms with Crippen molar-refractivity contribution in [3.63, 3.8) is 0 Å². The molecule has 0 bridgehead atoms. The Morgan fingerprint density at radius 2 is 2.38 bits per heavy atom. The minimum absolute atomic E-state index is 0.0124. The minimum atomic E-state index is -0.343. The number of β-amino-alcohol motifs (C(OH)–C–C–N with tert-alkyl or cyclic N) is 1. The monoisotopic (exact) mass is 181 g/mol. The fourth-order valence-corrected chi connectivity index (χ4v) is 1.53. The van der Waals surface area contributed by atoms with Crippen LogP contribution in [0.4, 0.5) is 0 Å². The van der Waals surface area contributed by atoms with Crippen molar-refractivity contribution < 1.29 is 10.2 Å². The molecular weight excluding hydrogens is 170 g/mol. The van der Waals surface area contributed by atoms with E-state index in [4.69, 9.17) is 0 Å². The van der Waals surface area contributed by atoms with E-state index in [-0.39, 0.29) is 18.0 Å². The molecule has 0 radical (unpaired) electrons. The van der Waals surface area contributed by atoms with Gasteiger partial charge < -0.3 is 15.5 Å². The predicted molar refractivity (Wildman–Crippen MR) is 45.1 cm³/mol. The number of nitrogens with zero attached hydrogens (tertiary/aromatic N) is 2. The quantitative estimate of drug-likeness (QED) is 0.548. The highest BCUT2D eigenvalue weighted by molar-refractivity contribution is 5.25. The Hall–Kier alpha value is -1.20. The Balaban J connectivity index is 2.21. The summed E-state index contributed by atoms with van der Waals surface area (Å²) in [5, 5.41) is 21.7. The molecule has 0 spiro atoms. The molecule has 70 valence electrons. The zero-order chi connectivity index (χ0) is 9.26. The average Bonchev–Trinajstić information content (AvgIpc) is 2.53. The van der Waals surface area contributed by atoms with Crippen molar-refractivity contribution in [2.45, 2.75) is 18.6 Å². The molecule has 2 atom stereocenters. The van der Waals surface area contributed by atoms with Crippen molar-refractivity contribution >= 4 is 0 Å². The summed E-state index contributed by atoms with van der Waals surface area (Å²) in [5.74, 6) is -0.0124. The molecule has 1 unspecified atom stereocenters.